The zero-order valence-electron chi connectivity index (χ0n) is 12.4. The molecule has 1 aromatic carbocycles. The molecule has 3 rings (SSSR count). The Kier molecular flexibility index (Phi) is 4.22. The van der Waals surface area contributed by atoms with Crippen LogP contribution in [0.5, 0.6) is 0 Å². The minimum absolute atomic E-state index is 0.0991. The van der Waals surface area contributed by atoms with Crippen molar-refractivity contribution in [2.24, 2.45) is 0 Å². The molecular weight excluding hydrogens is 300 g/mol. The summed E-state index contributed by atoms with van der Waals surface area (Å²) in [6.07, 6.45) is 1.89. The molecule has 6 heteroatoms. The van der Waals surface area contributed by atoms with Crippen molar-refractivity contribution in [2.75, 3.05) is 12.4 Å². The van der Waals surface area contributed by atoms with Crippen molar-refractivity contribution < 1.29 is 13.9 Å². The number of carbonyl (C=O) groups is 1. The smallest absolute Gasteiger partial charge is 0.230 e. The van der Waals surface area contributed by atoms with Gasteiger partial charge in [-0.15, -0.1) is 11.3 Å². The number of rotatable bonds is 5. The lowest BCUT2D eigenvalue weighted by Gasteiger charge is -2.01. The van der Waals surface area contributed by atoms with Gasteiger partial charge in [0.1, 0.15) is 5.58 Å². The van der Waals surface area contributed by atoms with Crippen LogP contribution in [0, 0.1) is 6.92 Å². The Morgan fingerprint density at radius 1 is 1.45 bits per heavy atom. The number of anilines is 1. The predicted molar refractivity (Wildman–Crippen MR) is 86.1 cm³/mol. The molecule has 0 unspecified atom stereocenters. The number of carbonyl (C=O) groups excluding carboxylic acids is 1. The van der Waals surface area contributed by atoms with Gasteiger partial charge in [0, 0.05) is 23.4 Å². The molecule has 0 saturated carbocycles. The lowest BCUT2D eigenvalue weighted by Crippen LogP contribution is -2.13. The summed E-state index contributed by atoms with van der Waals surface area (Å²) >= 11 is 1.42. The van der Waals surface area contributed by atoms with Gasteiger partial charge in [-0.05, 0) is 18.6 Å². The predicted octanol–water partition coefficient (Wildman–Crippen LogP) is 3.53. The van der Waals surface area contributed by atoms with E-state index in [0.717, 1.165) is 27.8 Å². The molecule has 2 aromatic heterocycles. The maximum atomic E-state index is 12.1. The van der Waals surface area contributed by atoms with Crippen molar-refractivity contribution in [3.8, 4) is 0 Å². The van der Waals surface area contributed by atoms with Crippen molar-refractivity contribution in [3.05, 3.63) is 46.7 Å². The molecule has 0 atom stereocenters. The highest BCUT2D eigenvalue weighted by Crippen LogP contribution is 2.24. The molecular formula is C16H16N2O3S. The fourth-order valence-corrected chi connectivity index (χ4v) is 2.97. The van der Waals surface area contributed by atoms with Crippen LogP contribution in [0.3, 0.4) is 0 Å². The number of hydrogen-bond acceptors (Lipinski definition) is 5. The lowest BCUT2D eigenvalue weighted by molar-refractivity contribution is -0.115. The number of hydrogen-bond donors (Lipinski definition) is 1. The van der Waals surface area contributed by atoms with Gasteiger partial charge in [-0.1, -0.05) is 12.1 Å². The maximum absolute atomic E-state index is 12.1. The molecule has 1 amide bonds. The summed E-state index contributed by atoms with van der Waals surface area (Å²) < 4.78 is 10.6. The number of furan rings is 1. The number of ether oxygens (including phenoxy) is 1. The van der Waals surface area contributed by atoms with Gasteiger partial charge in [0.05, 0.1) is 25.0 Å². The van der Waals surface area contributed by atoms with Crippen LogP contribution in [0.4, 0.5) is 5.13 Å². The molecule has 0 aliphatic carbocycles. The summed E-state index contributed by atoms with van der Waals surface area (Å²) in [5, 5.41) is 6.28. The zero-order valence-corrected chi connectivity index (χ0v) is 13.2. The van der Waals surface area contributed by atoms with Crippen LogP contribution in [-0.4, -0.2) is 18.0 Å². The van der Waals surface area contributed by atoms with Crippen molar-refractivity contribution in [1.29, 1.82) is 0 Å². The van der Waals surface area contributed by atoms with E-state index in [0.29, 0.717) is 11.7 Å². The van der Waals surface area contributed by atoms with Gasteiger partial charge in [-0.25, -0.2) is 4.98 Å². The van der Waals surface area contributed by atoms with Crippen LogP contribution < -0.4 is 5.32 Å². The number of nitrogens with zero attached hydrogens (tertiary/aromatic N) is 1. The van der Waals surface area contributed by atoms with Crippen LogP contribution in [0.2, 0.25) is 0 Å². The highest BCUT2D eigenvalue weighted by molar-refractivity contribution is 7.13. The number of fused-ring (bicyclic) bond motifs is 1. The van der Waals surface area contributed by atoms with E-state index < -0.39 is 0 Å². The normalized spacial score (nSPS) is 11.0. The van der Waals surface area contributed by atoms with Gasteiger partial charge in [-0.2, -0.15) is 0 Å². The van der Waals surface area contributed by atoms with Crippen LogP contribution in [0.15, 0.2) is 34.3 Å². The Labute approximate surface area is 131 Å². The first-order chi connectivity index (χ1) is 10.7. The molecule has 0 aliphatic rings. The Morgan fingerprint density at radius 3 is 3.05 bits per heavy atom. The van der Waals surface area contributed by atoms with E-state index in [1.54, 1.807) is 13.4 Å². The summed E-state index contributed by atoms with van der Waals surface area (Å²) in [7, 11) is 1.66. The second kappa shape index (κ2) is 6.29. The minimum atomic E-state index is -0.0991. The molecule has 0 radical (unpaired) electrons. The number of aromatic nitrogens is 1. The molecule has 3 aromatic rings. The average molecular weight is 316 g/mol. The first-order valence-corrected chi connectivity index (χ1v) is 7.73. The largest absolute Gasteiger partial charge is 0.464 e. The topological polar surface area (TPSA) is 64.4 Å². The lowest BCUT2D eigenvalue weighted by atomic mass is 10.1. The SMILES string of the molecule is COCc1ccc2c(CC(=O)Nc3nc(C)cs3)coc2c1. The Bertz CT molecular complexity index is 807. The number of methoxy groups -OCH3 is 1. The van der Waals surface area contributed by atoms with Gasteiger partial charge in [0.15, 0.2) is 5.13 Å². The second-order valence-corrected chi connectivity index (χ2v) is 5.90. The maximum Gasteiger partial charge on any atom is 0.230 e. The monoisotopic (exact) mass is 316 g/mol. The summed E-state index contributed by atoms with van der Waals surface area (Å²) in [4.78, 5) is 16.3. The number of aryl methyl sites for hydroxylation is 1. The van der Waals surface area contributed by atoms with E-state index in [2.05, 4.69) is 10.3 Å². The van der Waals surface area contributed by atoms with Gasteiger partial charge in [0.2, 0.25) is 5.91 Å². The van der Waals surface area contributed by atoms with Crippen LogP contribution in [0.25, 0.3) is 11.0 Å². The van der Waals surface area contributed by atoms with E-state index in [-0.39, 0.29) is 12.3 Å². The fourth-order valence-electron chi connectivity index (χ4n) is 2.27. The average Bonchev–Trinajstić information content (AvgIpc) is 3.06. The Hall–Kier alpha value is -2.18. The first kappa shape index (κ1) is 14.7. The van der Waals surface area contributed by atoms with E-state index in [9.17, 15) is 4.79 Å². The summed E-state index contributed by atoms with van der Waals surface area (Å²) in [5.74, 6) is -0.0991. The molecule has 114 valence electrons. The van der Waals surface area contributed by atoms with Gasteiger partial charge >= 0.3 is 0 Å². The van der Waals surface area contributed by atoms with Crippen molar-refractivity contribution >= 4 is 33.3 Å². The van der Waals surface area contributed by atoms with Gasteiger partial charge in [-0.3, -0.25) is 4.79 Å². The third-order valence-corrected chi connectivity index (χ3v) is 4.12. The van der Waals surface area contributed by atoms with Gasteiger partial charge < -0.3 is 14.5 Å². The summed E-state index contributed by atoms with van der Waals surface area (Å²) in [6.45, 7) is 2.43. The molecule has 1 N–H and O–H groups in total. The molecule has 0 saturated heterocycles. The number of thiazole rings is 1. The van der Waals surface area contributed by atoms with E-state index >= 15 is 0 Å². The standard InChI is InChI=1S/C16H16N2O3S/c1-10-9-22-16(17-10)18-15(19)6-12-8-21-14-5-11(7-20-2)3-4-13(12)14/h3-5,8-9H,6-7H2,1-2H3,(H,17,18,19). The number of amides is 1. The van der Waals surface area contributed by atoms with Crippen molar-refractivity contribution in [2.45, 2.75) is 20.0 Å². The van der Waals surface area contributed by atoms with Crippen molar-refractivity contribution in [3.63, 3.8) is 0 Å². The Morgan fingerprint density at radius 2 is 2.32 bits per heavy atom. The Balaban J connectivity index is 1.74. The first-order valence-electron chi connectivity index (χ1n) is 6.85. The molecule has 5 nitrogen and oxygen atoms in total. The molecule has 0 bridgehead atoms. The molecule has 22 heavy (non-hydrogen) atoms. The second-order valence-electron chi connectivity index (χ2n) is 5.04. The van der Waals surface area contributed by atoms with Crippen LogP contribution in [0.1, 0.15) is 16.8 Å². The van der Waals surface area contributed by atoms with E-state index in [4.69, 9.17) is 9.15 Å². The van der Waals surface area contributed by atoms with Crippen LogP contribution in [-0.2, 0) is 22.6 Å². The third-order valence-electron chi connectivity index (χ3n) is 3.25. The van der Waals surface area contributed by atoms with Crippen LogP contribution >= 0.6 is 11.3 Å². The fraction of sp³-hybridized carbons (Fsp3) is 0.250. The number of benzene rings is 1. The molecule has 2 heterocycles. The van der Waals surface area contributed by atoms with Crippen molar-refractivity contribution in [1.82, 2.24) is 4.98 Å². The molecule has 0 spiro atoms. The van der Waals surface area contributed by atoms with Gasteiger partial charge in [0.25, 0.3) is 0 Å². The quantitative estimate of drug-likeness (QED) is 0.782. The summed E-state index contributed by atoms with van der Waals surface area (Å²) in [6, 6.07) is 5.88. The molecule has 0 fully saturated rings. The highest BCUT2D eigenvalue weighted by atomic mass is 32.1. The molecule has 0 aliphatic heterocycles. The number of nitrogens with one attached hydrogen (secondary N) is 1. The van der Waals surface area contributed by atoms with E-state index in [1.807, 2.05) is 30.5 Å². The zero-order chi connectivity index (χ0) is 15.5. The highest BCUT2D eigenvalue weighted by Gasteiger charge is 2.12. The minimum Gasteiger partial charge on any atom is -0.464 e. The summed E-state index contributed by atoms with van der Waals surface area (Å²) in [5.41, 5.74) is 3.57. The van der Waals surface area contributed by atoms with E-state index in [1.165, 1.54) is 11.3 Å². The third kappa shape index (κ3) is 3.18.